The molecule has 0 saturated carbocycles. The third-order valence-electron chi connectivity index (χ3n) is 4.68. The highest BCUT2D eigenvalue weighted by molar-refractivity contribution is 7.13. The molecule has 1 amide bonds. The molecule has 0 bridgehead atoms. The van der Waals surface area contributed by atoms with E-state index in [1.807, 2.05) is 60.0 Å². The van der Waals surface area contributed by atoms with E-state index in [-0.39, 0.29) is 23.6 Å². The Hall–Kier alpha value is -3.13. The maximum atomic E-state index is 12.9. The summed E-state index contributed by atoms with van der Waals surface area (Å²) in [6.07, 6.45) is 0. The minimum Gasteiger partial charge on any atom is -0.392 e. The van der Waals surface area contributed by atoms with Crippen LogP contribution in [0.25, 0.3) is 21.5 Å². The summed E-state index contributed by atoms with van der Waals surface area (Å²) < 4.78 is 0. The number of rotatable bonds is 6. The van der Waals surface area contributed by atoms with Crippen molar-refractivity contribution in [3.8, 4) is 10.7 Å². The van der Waals surface area contributed by atoms with Gasteiger partial charge in [-0.3, -0.25) is 4.79 Å². The number of nitrogens with zero attached hydrogens (tertiary/aromatic N) is 2. The Morgan fingerprint density at radius 1 is 0.966 bits per heavy atom. The summed E-state index contributed by atoms with van der Waals surface area (Å²) in [6.45, 7) is -0.504. The molecule has 4 rings (SSSR count). The van der Waals surface area contributed by atoms with Crippen LogP contribution in [-0.2, 0) is 19.8 Å². The lowest BCUT2D eigenvalue weighted by atomic mass is 10.0. The number of carbonyl (C=O) groups excluding carboxylic acids is 1. The standard InChI is InChI=1S/C22H19N3O3S/c26-12-17-18(13-27)24-21(19-9-4-10-29-19)25-20(17)22(28)23-11-15-7-3-6-14-5-1-2-8-16(14)15/h1-10,26-27H,11-13H2,(H,23,28). The number of aliphatic hydroxyl groups excluding tert-OH is 2. The number of benzene rings is 2. The van der Waals surface area contributed by atoms with Crippen molar-refractivity contribution in [1.82, 2.24) is 15.3 Å². The van der Waals surface area contributed by atoms with E-state index in [0.717, 1.165) is 21.2 Å². The predicted octanol–water partition coefficient (Wildman–Crippen LogP) is 3.27. The number of thiophene rings is 1. The molecule has 6 nitrogen and oxygen atoms in total. The normalized spacial score (nSPS) is 11.0. The average Bonchev–Trinajstić information content (AvgIpc) is 3.31. The first kappa shape index (κ1) is 19.2. The van der Waals surface area contributed by atoms with Gasteiger partial charge in [-0.2, -0.15) is 0 Å². The van der Waals surface area contributed by atoms with Crippen molar-refractivity contribution in [2.75, 3.05) is 0 Å². The number of fused-ring (bicyclic) bond motifs is 1. The van der Waals surface area contributed by atoms with Crippen molar-refractivity contribution >= 4 is 28.0 Å². The molecular weight excluding hydrogens is 386 g/mol. The van der Waals surface area contributed by atoms with Crippen LogP contribution in [0.5, 0.6) is 0 Å². The van der Waals surface area contributed by atoms with Crippen molar-refractivity contribution < 1.29 is 15.0 Å². The minimum absolute atomic E-state index is 0.0789. The van der Waals surface area contributed by atoms with E-state index >= 15 is 0 Å². The van der Waals surface area contributed by atoms with Gasteiger partial charge in [-0.15, -0.1) is 11.3 Å². The van der Waals surface area contributed by atoms with Crippen molar-refractivity contribution in [3.63, 3.8) is 0 Å². The van der Waals surface area contributed by atoms with Gasteiger partial charge in [-0.25, -0.2) is 9.97 Å². The molecule has 7 heteroatoms. The molecule has 0 atom stereocenters. The van der Waals surface area contributed by atoms with Crippen LogP contribution in [0, 0.1) is 0 Å². The van der Waals surface area contributed by atoms with Gasteiger partial charge in [0.1, 0.15) is 5.69 Å². The van der Waals surface area contributed by atoms with Crippen LogP contribution in [-0.4, -0.2) is 26.1 Å². The molecule has 0 aliphatic heterocycles. The van der Waals surface area contributed by atoms with Crippen LogP contribution in [0.4, 0.5) is 0 Å². The van der Waals surface area contributed by atoms with E-state index < -0.39 is 12.5 Å². The van der Waals surface area contributed by atoms with Crippen LogP contribution in [0.15, 0.2) is 60.0 Å². The van der Waals surface area contributed by atoms with Gasteiger partial charge in [-0.05, 0) is 27.8 Å². The highest BCUT2D eigenvalue weighted by Gasteiger charge is 2.20. The first-order valence-corrected chi connectivity index (χ1v) is 9.99. The number of aromatic nitrogens is 2. The third-order valence-corrected chi connectivity index (χ3v) is 5.54. The Balaban J connectivity index is 1.66. The summed E-state index contributed by atoms with van der Waals surface area (Å²) in [5, 5.41) is 26.4. The third kappa shape index (κ3) is 3.88. The molecule has 0 aliphatic rings. The molecule has 3 N–H and O–H groups in total. The Labute approximate surface area is 171 Å². The van der Waals surface area contributed by atoms with Gasteiger partial charge in [0, 0.05) is 12.1 Å². The first-order valence-electron chi connectivity index (χ1n) is 9.11. The fourth-order valence-corrected chi connectivity index (χ4v) is 3.89. The van der Waals surface area contributed by atoms with Crippen LogP contribution >= 0.6 is 11.3 Å². The molecule has 0 spiro atoms. The fourth-order valence-electron chi connectivity index (χ4n) is 3.24. The summed E-state index contributed by atoms with van der Waals surface area (Å²) in [5.74, 6) is -0.0616. The quantitative estimate of drug-likeness (QED) is 0.458. The summed E-state index contributed by atoms with van der Waals surface area (Å²) in [7, 11) is 0. The van der Waals surface area contributed by atoms with Gasteiger partial charge in [0.2, 0.25) is 0 Å². The second-order valence-corrected chi connectivity index (χ2v) is 7.38. The second kappa shape index (κ2) is 8.48. The lowest BCUT2D eigenvalue weighted by molar-refractivity contribution is 0.0942. The van der Waals surface area contributed by atoms with Gasteiger partial charge in [0.15, 0.2) is 5.82 Å². The van der Waals surface area contributed by atoms with Gasteiger partial charge >= 0.3 is 0 Å². The number of amides is 1. The van der Waals surface area contributed by atoms with Gasteiger partial charge < -0.3 is 15.5 Å². The topological polar surface area (TPSA) is 95.3 Å². The van der Waals surface area contributed by atoms with E-state index in [1.54, 1.807) is 0 Å². The lowest BCUT2D eigenvalue weighted by Gasteiger charge is -2.13. The monoisotopic (exact) mass is 405 g/mol. The van der Waals surface area contributed by atoms with Gasteiger partial charge in [0.25, 0.3) is 5.91 Å². The molecule has 146 valence electrons. The SMILES string of the molecule is O=C(NCc1cccc2ccccc12)c1nc(-c2cccs2)nc(CO)c1CO. The Morgan fingerprint density at radius 2 is 1.79 bits per heavy atom. The smallest absolute Gasteiger partial charge is 0.270 e. The molecule has 0 saturated heterocycles. The van der Waals surface area contributed by atoms with Gasteiger partial charge in [0.05, 0.1) is 23.8 Å². The molecular formula is C22H19N3O3S. The number of carbonyl (C=O) groups is 1. The lowest BCUT2D eigenvalue weighted by Crippen LogP contribution is -2.26. The van der Waals surface area contributed by atoms with Crippen LogP contribution < -0.4 is 5.32 Å². The van der Waals surface area contributed by atoms with Crippen molar-refractivity contribution in [2.24, 2.45) is 0 Å². The summed E-state index contributed by atoms with van der Waals surface area (Å²) >= 11 is 1.44. The highest BCUT2D eigenvalue weighted by Crippen LogP contribution is 2.24. The molecule has 2 aromatic heterocycles. The zero-order chi connectivity index (χ0) is 20.2. The summed E-state index contributed by atoms with van der Waals surface area (Å²) in [4.78, 5) is 22.4. The maximum absolute atomic E-state index is 12.9. The zero-order valence-corrected chi connectivity index (χ0v) is 16.3. The van der Waals surface area contributed by atoms with E-state index in [2.05, 4.69) is 15.3 Å². The van der Waals surface area contributed by atoms with Crippen LogP contribution in [0.3, 0.4) is 0 Å². The fraction of sp³-hybridized carbons (Fsp3) is 0.136. The van der Waals surface area contributed by atoms with Crippen LogP contribution in [0.2, 0.25) is 0 Å². The molecule has 4 aromatic rings. The molecule has 0 unspecified atom stereocenters. The molecule has 29 heavy (non-hydrogen) atoms. The Morgan fingerprint density at radius 3 is 2.55 bits per heavy atom. The van der Waals surface area contributed by atoms with E-state index in [1.165, 1.54) is 11.3 Å². The average molecular weight is 405 g/mol. The highest BCUT2D eigenvalue weighted by atomic mass is 32.1. The van der Waals surface area contributed by atoms with Crippen molar-refractivity contribution in [3.05, 3.63) is 82.5 Å². The summed E-state index contributed by atoms with van der Waals surface area (Å²) in [6, 6.07) is 17.6. The maximum Gasteiger partial charge on any atom is 0.270 e. The largest absolute Gasteiger partial charge is 0.392 e. The van der Waals surface area contributed by atoms with Crippen molar-refractivity contribution in [1.29, 1.82) is 0 Å². The van der Waals surface area contributed by atoms with E-state index in [9.17, 15) is 15.0 Å². The predicted molar refractivity (Wildman–Crippen MR) is 112 cm³/mol. The first-order chi connectivity index (χ1) is 14.2. The Bertz CT molecular complexity index is 1150. The van der Waals surface area contributed by atoms with E-state index in [4.69, 9.17) is 0 Å². The number of aliphatic hydroxyl groups is 2. The second-order valence-electron chi connectivity index (χ2n) is 6.44. The molecule has 2 heterocycles. The number of hydrogen-bond acceptors (Lipinski definition) is 6. The number of hydrogen-bond donors (Lipinski definition) is 3. The van der Waals surface area contributed by atoms with Crippen LogP contribution in [0.1, 0.15) is 27.3 Å². The number of nitrogens with one attached hydrogen (secondary N) is 1. The minimum atomic E-state index is -0.433. The molecule has 2 aromatic carbocycles. The zero-order valence-electron chi connectivity index (χ0n) is 15.5. The molecule has 0 fully saturated rings. The Kier molecular flexibility index (Phi) is 5.62. The molecule has 0 radical (unpaired) electrons. The summed E-state index contributed by atoms with van der Waals surface area (Å²) in [5.41, 5.74) is 1.55. The van der Waals surface area contributed by atoms with Gasteiger partial charge in [-0.1, -0.05) is 48.5 Å². The van der Waals surface area contributed by atoms with E-state index in [0.29, 0.717) is 12.4 Å². The molecule has 0 aliphatic carbocycles. The van der Waals surface area contributed by atoms with Crippen molar-refractivity contribution in [2.45, 2.75) is 19.8 Å².